The van der Waals surface area contributed by atoms with Gasteiger partial charge in [-0.05, 0) is 48.4 Å². The van der Waals surface area contributed by atoms with E-state index in [-0.39, 0.29) is 5.78 Å². The number of carbonyl (C=O) groups is 3. The molecule has 7 nitrogen and oxygen atoms in total. The average Bonchev–Trinajstić information content (AvgIpc) is 3.09. The molecule has 2 atom stereocenters. The minimum Gasteiger partial charge on any atom is -0.497 e. The molecule has 2 aromatic carbocycles. The number of methoxy groups -OCH3 is 1. The molecule has 2 heterocycles. The number of hydrogen-bond donors (Lipinski definition) is 1. The first-order valence-corrected chi connectivity index (χ1v) is 12.0. The van der Waals surface area contributed by atoms with Gasteiger partial charge in [-0.3, -0.25) is 14.4 Å². The van der Waals surface area contributed by atoms with E-state index in [1.807, 2.05) is 0 Å². The molecule has 0 aliphatic carbocycles. The lowest BCUT2D eigenvalue weighted by Crippen LogP contribution is -3.14. The number of benzene rings is 2. The number of Topliss-reactive ketones (excluding diaryl/α,β-unsaturated/α-hetero) is 2. The second-order valence-corrected chi connectivity index (χ2v) is 9.28. The Bertz CT molecular complexity index is 1070. The van der Waals surface area contributed by atoms with Crippen molar-refractivity contribution in [3.8, 4) is 5.75 Å². The normalized spacial score (nSPS) is 21.2. The van der Waals surface area contributed by atoms with Crippen LogP contribution in [0, 0.1) is 12.8 Å². The molecule has 1 N–H and O–H groups in total. The number of hydrogen-bond acceptors (Lipinski definition) is 5. The molecule has 2 aromatic rings. The third-order valence-electron chi connectivity index (χ3n) is 6.73. The molecule has 2 unspecified atom stereocenters. The number of carbonyl (C=O) groups excluding carboxylic acids is 3. The minimum absolute atomic E-state index is 0.347. The van der Waals surface area contributed by atoms with Crippen molar-refractivity contribution in [3.63, 3.8) is 0 Å². The van der Waals surface area contributed by atoms with Crippen molar-refractivity contribution in [2.45, 2.75) is 19.4 Å². The van der Waals surface area contributed by atoms with Crippen LogP contribution in [0.5, 0.6) is 5.75 Å². The Kier molecular flexibility index (Phi) is 7.66. The lowest BCUT2D eigenvalue weighted by Gasteiger charge is -2.29. The van der Waals surface area contributed by atoms with Gasteiger partial charge in [-0.1, -0.05) is 23.7 Å². The number of nitrogens with one attached hydrogen (secondary N) is 1. The number of amides is 1. The monoisotopic (exact) mass is 485 g/mol. The highest BCUT2D eigenvalue weighted by atomic mass is 35.5. The number of likely N-dealkylation sites (tertiary alicyclic amines) is 1. The summed E-state index contributed by atoms with van der Waals surface area (Å²) in [6.45, 7) is 6.44. The first kappa shape index (κ1) is 24.4. The molecule has 0 aromatic heterocycles. The van der Waals surface area contributed by atoms with Gasteiger partial charge in [0.15, 0.2) is 5.78 Å². The van der Waals surface area contributed by atoms with Gasteiger partial charge in [0.1, 0.15) is 24.8 Å². The largest absolute Gasteiger partial charge is 0.497 e. The number of aryl methyl sites for hydroxylation is 1. The van der Waals surface area contributed by atoms with Gasteiger partial charge in [-0.25, -0.2) is 0 Å². The summed E-state index contributed by atoms with van der Waals surface area (Å²) in [4.78, 5) is 43.0. The Morgan fingerprint density at radius 3 is 2.50 bits per heavy atom. The third-order valence-corrected chi connectivity index (χ3v) is 6.98. The summed E-state index contributed by atoms with van der Waals surface area (Å²) in [5.74, 6) is -2.07. The van der Waals surface area contributed by atoms with Gasteiger partial charge in [0, 0.05) is 23.6 Å². The molecule has 34 heavy (non-hydrogen) atoms. The maximum Gasteiger partial charge on any atom is 0.291 e. The predicted molar refractivity (Wildman–Crippen MR) is 127 cm³/mol. The van der Waals surface area contributed by atoms with E-state index in [0.29, 0.717) is 28.4 Å². The van der Waals surface area contributed by atoms with Crippen LogP contribution in [0.4, 0.5) is 0 Å². The van der Waals surface area contributed by atoms with Gasteiger partial charge < -0.3 is 19.3 Å². The highest BCUT2D eigenvalue weighted by Crippen LogP contribution is 2.39. The second-order valence-electron chi connectivity index (χ2n) is 8.85. The first-order valence-electron chi connectivity index (χ1n) is 11.6. The summed E-state index contributed by atoms with van der Waals surface area (Å²) >= 11 is 6.09. The van der Waals surface area contributed by atoms with Crippen LogP contribution < -0.4 is 9.64 Å². The van der Waals surface area contributed by atoms with Gasteiger partial charge in [0.25, 0.3) is 5.91 Å². The molecule has 4 rings (SSSR count). The van der Waals surface area contributed by atoms with Crippen LogP contribution in [0.2, 0.25) is 5.02 Å². The summed E-state index contributed by atoms with van der Waals surface area (Å²) in [6.07, 6.45) is 0.737. The van der Waals surface area contributed by atoms with E-state index >= 15 is 0 Å². The van der Waals surface area contributed by atoms with Crippen LogP contribution in [0.15, 0.2) is 42.5 Å². The molecule has 2 fully saturated rings. The van der Waals surface area contributed by atoms with Crippen molar-refractivity contribution in [1.82, 2.24) is 4.90 Å². The molecular formula is C26H30ClN2O5+. The number of halogens is 1. The summed E-state index contributed by atoms with van der Waals surface area (Å²) < 4.78 is 10.7. The Hall–Kier alpha value is -2.74. The Labute approximate surface area is 204 Å². The molecule has 0 saturated carbocycles. The van der Waals surface area contributed by atoms with Crippen LogP contribution in [0.25, 0.3) is 0 Å². The smallest absolute Gasteiger partial charge is 0.291 e. The second kappa shape index (κ2) is 10.7. The fraction of sp³-hybridized carbons (Fsp3) is 0.423. The predicted octanol–water partition coefficient (Wildman–Crippen LogP) is 1.91. The minimum atomic E-state index is -1.10. The van der Waals surface area contributed by atoms with Crippen LogP contribution >= 0.6 is 11.6 Å². The topological polar surface area (TPSA) is 77.4 Å². The maximum absolute atomic E-state index is 13.7. The molecule has 180 valence electrons. The quantitative estimate of drug-likeness (QED) is 0.351. The fourth-order valence-electron chi connectivity index (χ4n) is 4.88. The zero-order valence-corrected chi connectivity index (χ0v) is 20.3. The van der Waals surface area contributed by atoms with E-state index in [0.717, 1.165) is 44.8 Å². The summed E-state index contributed by atoms with van der Waals surface area (Å²) in [6, 6.07) is 11.5. The SMILES string of the molecule is COc1ccc(C(=O)C2C(=O)C(=O)N(CCC[NH+]3CCOCC3)C2c2ccc(Cl)cc2)c(C)c1. The number of quaternary nitrogens is 1. The lowest BCUT2D eigenvalue weighted by atomic mass is 9.85. The highest BCUT2D eigenvalue weighted by Gasteiger charge is 2.51. The summed E-state index contributed by atoms with van der Waals surface area (Å²) in [7, 11) is 1.56. The van der Waals surface area contributed by atoms with Gasteiger partial charge in [-0.2, -0.15) is 0 Å². The van der Waals surface area contributed by atoms with Crippen LogP contribution in [-0.2, 0) is 14.3 Å². The summed E-state index contributed by atoms with van der Waals surface area (Å²) in [5.41, 5.74) is 1.85. The molecule has 0 spiro atoms. The number of ketones is 2. The van der Waals surface area contributed by atoms with E-state index in [4.69, 9.17) is 21.1 Å². The number of morpholine rings is 1. The first-order chi connectivity index (χ1) is 16.4. The van der Waals surface area contributed by atoms with Crippen molar-refractivity contribution in [3.05, 3.63) is 64.2 Å². The van der Waals surface area contributed by atoms with Crippen molar-refractivity contribution < 1.29 is 28.8 Å². The van der Waals surface area contributed by atoms with E-state index in [1.54, 1.807) is 61.4 Å². The lowest BCUT2D eigenvalue weighted by molar-refractivity contribution is -0.908. The Morgan fingerprint density at radius 1 is 1.15 bits per heavy atom. The molecule has 0 bridgehead atoms. The molecular weight excluding hydrogens is 456 g/mol. The van der Waals surface area contributed by atoms with Gasteiger partial charge in [0.05, 0.1) is 32.9 Å². The van der Waals surface area contributed by atoms with E-state index in [2.05, 4.69) is 0 Å². The standard InChI is InChI=1S/C26H29ClN2O5/c1-17-16-20(33-2)8-9-21(17)24(30)22-23(18-4-6-19(27)7-5-18)29(26(32)25(22)31)11-3-10-28-12-14-34-15-13-28/h4-9,16,22-23H,3,10-15H2,1-2H3/p+1. The van der Waals surface area contributed by atoms with Gasteiger partial charge in [0.2, 0.25) is 5.78 Å². The fourth-order valence-corrected chi connectivity index (χ4v) is 5.00. The number of rotatable bonds is 8. The van der Waals surface area contributed by atoms with Crippen molar-refractivity contribution in [1.29, 1.82) is 0 Å². The van der Waals surface area contributed by atoms with E-state index in [9.17, 15) is 14.4 Å². The van der Waals surface area contributed by atoms with E-state index < -0.39 is 23.7 Å². The number of nitrogens with zero attached hydrogens (tertiary/aromatic N) is 1. The zero-order chi connectivity index (χ0) is 24.2. The van der Waals surface area contributed by atoms with Gasteiger partial charge in [-0.15, -0.1) is 0 Å². The maximum atomic E-state index is 13.7. The Morgan fingerprint density at radius 2 is 1.85 bits per heavy atom. The number of ether oxygens (including phenoxy) is 2. The molecule has 2 aliphatic rings. The van der Waals surface area contributed by atoms with Gasteiger partial charge >= 0.3 is 0 Å². The van der Waals surface area contributed by atoms with Crippen LogP contribution in [0.3, 0.4) is 0 Å². The summed E-state index contributed by atoms with van der Waals surface area (Å²) in [5, 5.41) is 0.552. The molecule has 1 amide bonds. The molecule has 2 saturated heterocycles. The molecule has 8 heteroatoms. The van der Waals surface area contributed by atoms with E-state index in [1.165, 1.54) is 4.90 Å². The zero-order valence-electron chi connectivity index (χ0n) is 19.5. The Balaban J connectivity index is 1.62. The average molecular weight is 486 g/mol. The van der Waals surface area contributed by atoms with Crippen molar-refractivity contribution in [2.24, 2.45) is 5.92 Å². The molecule has 0 radical (unpaired) electrons. The van der Waals surface area contributed by atoms with Crippen LogP contribution in [-0.4, -0.2) is 68.9 Å². The van der Waals surface area contributed by atoms with Crippen molar-refractivity contribution >= 4 is 29.1 Å². The third kappa shape index (κ3) is 5.02. The highest BCUT2D eigenvalue weighted by molar-refractivity contribution is 6.44. The molecule has 2 aliphatic heterocycles. The van der Waals surface area contributed by atoms with Crippen LogP contribution in [0.1, 0.15) is 33.9 Å². The van der Waals surface area contributed by atoms with Crippen molar-refractivity contribution in [2.75, 3.05) is 46.5 Å².